The predicted molar refractivity (Wildman–Crippen MR) is 76.9 cm³/mol. The third-order valence-corrected chi connectivity index (χ3v) is 3.72. The lowest BCUT2D eigenvalue weighted by molar-refractivity contribution is 0.0271. The first-order chi connectivity index (χ1) is 9.50. The van der Waals surface area contributed by atoms with Gasteiger partial charge in [0.1, 0.15) is 5.82 Å². The molecule has 20 heavy (non-hydrogen) atoms. The topological polar surface area (TPSA) is 38.0 Å². The van der Waals surface area contributed by atoms with E-state index in [1.807, 2.05) is 31.5 Å². The molecular weight excluding hydrogens is 255 g/mol. The maximum atomic E-state index is 14.0. The zero-order valence-corrected chi connectivity index (χ0v) is 12.2. The van der Waals surface area contributed by atoms with Crippen LogP contribution in [0.25, 0.3) is 0 Å². The van der Waals surface area contributed by atoms with E-state index in [1.54, 1.807) is 18.2 Å². The fourth-order valence-electron chi connectivity index (χ4n) is 2.56. The molecule has 1 atom stereocenters. The van der Waals surface area contributed by atoms with Crippen LogP contribution in [0.1, 0.15) is 37.2 Å². The minimum Gasteiger partial charge on any atom is -0.385 e. The molecule has 2 aromatic rings. The van der Waals surface area contributed by atoms with Crippen molar-refractivity contribution in [1.29, 1.82) is 0 Å². The van der Waals surface area contributed by atoms with E-state index < -0.39 is 5.60 Å². The second kappa shape index (κ2) is 5.75. The van der Waals surface area contributed by atoms with Crippen molar-refractivity contribution >= 4 is 0 Å². The Morgan fingerprint density at radius 3 is 2.60 bits per heavy atom. The molecule has 0 aliphatic rings. The van der Waals surface area contributed by atoms with Crippen LogP contribution >= 0.6 is 0 Å². The zero-order chi connectivity index (χ0) is 14.8. The second-order valence-corrected chi connectivity index (χ2v) is 5.13. The summed E-state index contributed by atoms with van der Waals surface area (Å²) in [4.78, 5) is 0. The maximum Gasteiger partial charge on any atom is 0.129 e. The second-order valence-electron chi connectivity index (χ2n) is 5.13. The van der Waals surface area contributed by atoms with Gasteiger partial charge in [-0.15, -0.1) is 0 Å². The highest BCUT2D eigenvalue weighted by Gasteiger charge is 2.31. The Morgan fingerprint density at radius 1 is 1.30 bits per heavy atom. The quantitative estimate of drug-likeness (QED) is 0.910. The van der Waals surface area contributed by atoms with Crippen LogP contribution in [0.15, 0.2) is 30.3 Å². The zero-order valence-electron chi connectivity index (χ0n) is 12.2. The molecule has 2 rings (SSSR count). The molecule has 0 radical (unpaired) electrons. The summed E-state index contributed by atoms with van der Waals surface area (Å²) >= 11 is 0. The van der Waals surface area contributed by atoms with E-state index in [0.717, 1.165) is 17.9 Å². The minimum atomic E-state index is -1.20. The highest BCUT2D eigenvalue weighted by Crippen LogP contribution is 2.31. The van der Waals surface area contributed by atoms with E-state index in [4.69, 9.17) is 0 Å². The molecule has 4 heteroatoms. The Balaban J connectivity index is 2.39. The summed E-state index contributed by atoms with van der Waals surface area (Å²) in [5.41, 5.74) is 0.987. The van der Waals surface area contributed by atoms with E-state index in [2.05, 4.69) is 5.10 Å². The van der Waals surface area contributed by atoms with E-state index >= 15 is 0 Å². The van der Waals surface area contributed by atoms with Crippen LogP contribution in [-0.4, -0.2) is 14.9 Å². The number of aryl methyl sites for hydroxylation is 2. The van der Waals surface area contributed by atoms with Gasteiger partial charge in [-0.2, -0.15) is 5.10 Å². The Labute approximate surface area is 119 Å². The normalized spacial score (nSPS) is 14.2. The van der Waals surface area contributed by atoms with Gasteiger partial charge in [0.2, 0.25) is 0 Å². The number of nitrogens with zero attached hydrogens (tertiary/aromatic N) is 2. The predicted octanol–water partition coefficient (Wildman–Crippen LogP) is 3.19. The van der Waals surface area contributed by atoms with E-state index in [-0.39, 0.29) is 5.82 Å². The highest BCUT2D eigenvalue weighted by atomic mass is 19.1. The van der Waals surface area contributed by atoms with Gasteiger partial charge in [-0.25, -0.2) is 4.39 Å². The number of benzene rings is 1. The van der Waals surface area contributed by atoms with Crippen LogP contribution in [0.5, 0.6) is 0 Å². The summed E-state index contributed by atoms with van der Waals surface area (Å²) in [5.74, 6) is -0.365. The van der Waals surface area contributed by atoms with Crippen molar-refractivity contribution in [3.63, 3.8) is 0 Å². The van der Waals surface area contributed by atoms with Gasteiger partial charge in [0.15, 0.2) is 0 Å². The SMILES string of the molecule is CCn1nc(C)cc1CC(O)(CC)c1ccccc1F. The summed E-state index contributed by atoms with van der Waals surface area (Å²) in [6.07, 6.45) is 0.807. The van der Waals surface area contributed by atoms with Gasteiger partial charge in [-0.3, -0.25) is 4.68 Å². The molecule has 0 fully saturated rings. The standard InChI is InChI=1S/C16H21FN2O/c1-4-16(20,14-8-6-7-9-15(14)17)11-13-10-12(3)18-19(13)5-2/h6-10,20H,4-5,11H2,1-3H3. The summed E-state index contributed by atoms with van der Waals surface area (Å²) in [5, 5.41) is 15.2. The fraction of sp³-hybridized carbons (Fsp3) is 0.438. The molecule has 1 heterocycles. The molecule has 0 aliphatic heterocycles. The monoisotopic (exact) mass is 276 g/mol. The Hall–Kier alpha value is -1.68. The molecule has 3 nitrogen and oxygen atoms in total. The Kier molecular flexibility index (Phi) is 4.23. The third-order valence-electron chi connectivity index (χ3n) is 3.72. The van der Waals surface area contributed by atoms with Gasteiger partial charge in [0.05, 0.1) is 11.3 Å². The lowest BCUT2D eigenvalue weighted by Gasteiger charge is -2.28. The number of rotatable bonds is 5. The average molecular weight is 276 g/mol. The summed E-state index contributed by atoms with van der Waals surface area (Å²) in [7, 11) is 0. The molecule has 1 N–H and O–H groups in total. The lowest BCUT2D eigenvalue weighted by Crippen LogP contribution is -2.30. The molecule has 0 spiro atoms. The van der Waals surface area contributed by atoms with Crippen LogP contribution in [0.2, 0.25) is 0 Å². The molecule has 0 bridgehead atoms. The highest BCUT2D eigenvalue weighted by molar-refractivity contribution is 5.27. The van der Waals surface area contributed by atoms with Crippen LogP contribution in [0, 0.1) is 12.7 Å². The van der Waals surface area contributed by atoms with Gasteiger partial charge < -0.3 is 5.11 Å². The number of hydrogen-bond acceptors (Lipinski definition) is 2. The van der Waals surface area contributed by atoms with Crippen LogP contribution in [0.4, 0.5) is 4.39 Å². The maximum absolute atomic E-state index is 14.0. The van der Waals surface area contributed by atoms with Crippen LogP contribution in [0.3, 0.4) is 0 Å². The first-order valence-corrected chi connectivity index (χ1v) is 7.01. The van der Waals surface area contributed by atoms with Crippen LogP contribution in [-0.2, 0) is 18.6 Å². The van der Waals surface area contributed by atoms with Crippen LogP contribution < -0.4 is 0 Å². The van der Waals surface area contributed by atoms with E-state index in [0.29, 0.717) is 18.4 Å². The molecule has 0 saturated heterocycles. The van der Waals surface area contributed by atoms with Gasteiger partial charge in [0, 0.05) is 24.2 Å². The molecule has 0 amide bonds. The molecule has 0 aliphatic carbocycles. The van der Waals surface area contributed by atoms with Crippen molar-refractivity contribution in [1.82, 2.24) is 9.78 Å². The van der Waals surface area contributed by atoms with Gasteiger partial charge >= 0.3 is 0 Å². The van der Waals surface area contributed by atoms with Crippen molar-refractivity contribution in [2.45, 2.75) is 45.8 Å². The van der Waals surface area contributed by atoms with Crippen molar-refractivity contribution in [3.05, 3.63) is 53.1 Å². The fourth-order valence-corrected chi connectivity index (χ4v) is 2.56. The molecular formula is C16H21FN2O. The van der Waals surface area contributed by atoms with Crippen molar-refractivity contribution in [3.8, 4) is 0 Å². The van der Waals surface area contributed by atoms with Crippen molar-refractivity contribution in [2.75, 3.05) is 0 Å². The first-order valence-electron chi connectivity index (χ1n) is 7.01. The summed E-state index contributed by atoms with van der Waals surface area (Å²) in [6, 6.07) is 8.37. The number of hydrogen-bond donors (Lipinski definition) is 1. The lowest BCUT2D eigenvalue weighted by atomic mass is 9.86. The van der Waals surface area contributed by atoms with Crippen molar-refractivity contribution in [2.24, 2.45) is 0 Å². The molecule has 108 valence electrons. The molecule has 1 aromatic heterocycles. The largest absolute Gasteiger partial charge is 0.385 e. The van der Waals surface area contributed by atoms with Gasteiger partial charge in [-0.05, 0) is 32.4 Å². The van der Waals surface area contributed by atoms with Gasteiger partial charge in [-0.1, -0.05) is 25.1 Å². The molecule has 1 aromatic carbocycles. The molecule has 1 unspecified atom stereocenters. The Bertz CT molecular complexity index is 594. The third kappa shape index (κ3) is 2.75. The van der Waals surface area contributed by atoms with E-state index in [1.165, 1.54) is 6.07 Å². The summed E-state index contributed by atoms with van der Waals surface area (Å²) in [6.45, 7) is 6.53. The Morgan fingerprint density at radius 2 is 2.00 bits per heavy atom. The van der Waals surface area contributed by atoms with E-state index in [9.17, 15) is 9.50 Å². The summed E-state index contributed by atoms with van der Waals surface area (Å²) < 4.78 is 15.8. The van der Waals surface area contributed by atoms with Crippen molar-refractivity contribution < 1.29 is 9.50 Å². The van der Waals surface area contributed by atoms with Gasteiger partial charge in [0.25, 0.3) is 0 Å². The minimum absolute atomic E-state index is 0.351. The molecule has 0 saturated carbocycles. The number of aliphatic hydroxyl groups is 1. The first kappa shape index (κ1) is 14.7. The number of aromatic nitrogens is 2. The number of halogens is 1. The average Bonchev–Trinajstić information content (AvgIpc) is 2.78. The smallest absolute Gasteiger partial charge is 0.129 e.